The van der Waals surface area contributed by atoms with Crippen molar-refractivity contribution in [2.45, 2.75) is 32.7 Å². The molecule has 0 amide bonds. The number of hydrogen-bond acceptors (Lipinski definition) is 1. The minimum Gasteiger partial charge on any atom is -0.469 e. The average molecular weight is 230 g/mol. The van der Waals surface area contributed by atoms with Crippen LogP contribution in [0.25, 0.3) is 0 Å². The molecule has 0 saturated heterocycles. The summed E-state index contributed by atoms with van der Waals surface area (Å²) in [5, 5.41) is 0. The maximum atomic E-state index is 5.33. The first-order valence-electron chi connectivity index (χ1n) is 6.09. The average Bonchev–Trinajstić information content (AvgIpc) is 2.82. The smallest absolute Gasteiger partial charge is 0.110 e. The van der Waals surface area contributed by atoms with Crippen molar-refractivity contribution < 1.29 is 10.2 Å². The van der Waals surface area contributed by atoms with Crippen LogP contribution in [-0.4, -0.2) is 0 Å². The van der Waals surface area contributed by atoms with Crippen LogP contribution in [0.1, 0.15) is 34.9 Å². The van der Waals surface area contributed by atoms with Gasteiger partial charge in [0.2, 0.25) is 0 Å². The van der Waals surface area contributed by atoms with Crippen molar-refractivity contribution in [2.24, 2.45) is 0 Å². The lowest BCUT2D eigenvalue weighted by Crippen LogP contribution is -2.53. The maximum Gasteiger partial charge on any atom is 0.110 e. The Morgan fingerprint density at radius 3 is 2.65 bits per heavy atom. The van der Waals surface area contributed by atoms with Crippen LogP contribution in [0.2, 0.25) is 0 Å². The van der Waals surface area contributed by atoms with E-state index in [9.17, 15) is 0 Å². The number of quaternary nitrogens is 1. The van der Waals surface area contributed by atoms with Crippen LogP contribution >= 0.6 is 0 Å². The molecule has 3 N–H and O–H groups in total. The van der Waals surface area contributed by atoms with Gasteiger partial charge in [-0.1, -0.05) is 12.1 Å². The molecule has 1 unspecified atom stereocenters. The molecule has 0 aliphatic carbocycles. The third-order valence-corrected chi connectivity index (χ3v) is 3.32. The van der Waals surface area contributed by atoms with Gasteiger partial charge in [-0.3, -0.25) is 0 Å². The van der Waals surface area contributed by atoms with Gasteiger partial charge in [-0.2, -0.15) is 0 Å². The highest BCUT2D eigenvalue weighted by atomic mass is 16.3. The van der Waals surface area contributed by atoms with E-state index in [-0.39, 0.29) is 0 Å². The van der Waals surface area contributed by atoms with Crippen LogP contribution in [0.5, 0.6) is 0 Å². The third-order valence-electron chi connectivity index (χ3n) is 3.32. The molecule has 0 fully saturated rings. The standard InChI is InChI=1S/C15H19NO/c1-11-5-6-13(10-12(11)2)15(16)8-7-14-4-3-9-17-14/h3-6,9-10,15H,7-8,16H2,1-2H3/p+1. The van der Waals surface area contributed by atoms with E-state index in [0.717, 1.165) is 18.6 Å². The van der Waals surface area contributed by atoms with Crippen LogP contribution in [-0.2, 0) is 6.42 Å². The molecule has 0 bridgehead atoms. The van der Waals surface area contributed by atoms with Gasteiger partial charge in [0.1, 0.15) is 11.8 Å². The lowest BCUT2D eigenvalue weighted by Gasteiger charge is -2.10. The minimum absolute atomic E-state index is 0.333. The Bertz CT molecular complexity index is 474. The highest BCUT2D eigenvalue weighted by molar-refractivity contribution is 5.30. The first-order valence-corrected chi connectivity index (χ1v) is 6.09. The van der Waals surface area contributed by atoms with Crippen molar-refractivity contribution >= 4 is 0 Å². The second kappa shape index (κ2) is 5.19. The van der Waals surface area contributed by atoms with E-state index in [2.05, 4.69) is 37.8 Å². The molecule has 2 aromatic rings. The topological polar surface area (TPSA) is 40.8 Å². The fraction of sp³-hybridized carbons (Fsp3) is 0.333. The lowest BCUT2D eigenvalue weighted by molar-refractivity contribution is -0.428. The molecular formula is C15H20NO+. The number of rotatable bonds is 4. The zero-order chi connectivity index (χ0) is 12.3. The van der Waals surface area contributed by atoms with Crippen molar-refractivity contribution in [2.75, 3.05) is 0 Å². The Labute approximate surface area is 102 Å². The van der Waals surface area contributed by atoms with E-state index in [1.165, 1.54) is 16.7 Å². The minimum atomic E-state index is 0.333. The van der Waals surface area contributed by atoms with Crippen LogP contribution < -0.4 is 5.73 Å². The predicted octanol–water partition coefficient (Wildman–Crippen LogP) is 2.81. The first-order chi connectivity index (χ1) is 8.16. The highest BCUT2D eigenvalue weighted by Gasteiger charge is 2.11. The summed E-state index contributed by atoms with van der Waals surface area (Å²) < 4.78 is 5.33. The first kappa shape index (κ1) is 11.9. The van der Waals surface area contributed by atoms with Gasteiger partial charge in [-0.25, -0.2) is 0 Å². The van der Waals surface area contributed by atoms with Crippen LogP contribution in [0.4, 0.5) is 0 Å². The van der Waals surface area contributed by atoms with Gasteiger partial charge >= 0.3 is 0 Å². The zero-order valence-corrected chi connectivity index (χ0v) is 10.6. The SMILES string of the molecule is Cc1ccc(C([NH3+])CCc2ccco2)cc1C. The van der Waals surface area contributed by atoms with Gasteiger partial charge in [-0.05, 0) is 43.2 Å². The van der Waals surface area contributed by atoms with E-state index in [1.807, 2.05) is 12.1 Å². The molecule has 2 nitrogen and oxygen atoms in total. The maximum absolute atomic E-state index is 5.33. The summed E-state index contributed by atoms with van der Waals surface area (Å²) in [6.07, 6.45) is 3.70. The second-order valence-corrected chi connectivity index (χ2v) is 4.66. The van der Waals surface area contributed by atoms with Crippen molar-refractivity contribution in [3.8, 4) is 0 Å². The quantitative estimate of drug-likeness (QED) is 0.862. The molecule has 0 aliphatic rings. The molecule has 1 heterocycles. The summed E-state index contributed by atoms with van der Waals surface area (Å²) in [4.78, 5) is 0. The number of aryl methyl sites for hydroxylation is 3. The van der Waals surface area contributed by atoms with Crippen LogP contribution in [0, 0.1) is 13.8 Å². The van der Waals surface area contributed by atoms with Gasteiger partial charge in [0, 0.05) is 18.4 Å². The fourth-order valence-corrected chi connectivity index (χ4v) is 1.96. The van der Waals surface area contributed by atoms with Crippen molar-refractivity contribution in [3.05, 3.63) is 59.0 Å². The van der Waals surface area contributed by atoms with Crippen molar-refractivity contribution in [3.63, 3.8) is 0 Å². The van der Waals surface area contributed by atoms with Crippen LogP contribution in [0.15, 0.2) is 41.0 Å². The van der Waals surface area contributed by atoms with Gasteiger partial charge in [0.25, 0.3) is 0 Å². The number of hydrogen-bond donors (Lipinski definition) is 1. The van der Waals surface area contributed by atoms with Crippen molar-refractivity contribution in [1.29, 1.82) is 0 Å². The normalized spacial score (nSPS) is 12.6. The Kier molecular flexibility index (Phi) is 3.64. The summed E-state index contributed by atoms with van der Waals surface area (Å²) >= 11 is 0. The molecule has 0 radical (unpaired) electrons. The van der Waals surface area contributed by atoms with E-state index >= 15 is 0 Å². The Balaban J connectivity index is 1.99. The molecular weight excluding hydrogens is 210 g/mol. The lowest BCUT2D eigenvalue weighted by atomic mass is 9.98. The van der Waals surface area contributed by atoms with E-state index in [0.29, 0.717) is 6.04 Å². The Hall–Kier alpha value is -1.54. The molecule has 1 atom stereocenters. The van der Waals surface area contributed by atoms with Crippen LogP contribution in [0.3, 0.4) is 0 Å². The monoisotopic (exact) mass is 230 g/mol. The van der Waals surface area contributed by atoms with E-state index in [4.69, 9.17) is 4.42 Å². The molecule has 2 rings (SSSR count). The van der Waals surface area contributed by atoms with E-state index in [1.54, 1.807) is 6.26 Å². The highest BCUT2D eigenvalue weighted by Crippen LogP contribution is 2.18. The van der Waals surface area contributed by atoms with Gasteiger partial charge in [-0.15, -0.1) is 0 Å². The summed E-state index contributed by atoms with van der Waals surface area (Å²) in [6.45, 7) is 4.29. The zero-order valence-electron chi connectivity index (χ0n) is 10.6. The number of furan rings is 1. The molecule has 90 valence electrons. The molecule has 2 heteroatoms. The predicted molar refractivity (Wildman–Crippen MR) is 68.6 cm³/mol. The summed E-state index contributed by atoms with van der Waals surface area (Å²) in [5.74, 6) is 1.04. The fourth-order valence-electron chi connectivity index (χ4n) is 1.96. The molecule has 0 spiro atoms. The summed E-state index contributed by atoms with van der Waals surface area (Å²) in [7, 11) is 0. The van der Waals surface area contributed by atoms with E-state index < -0.39 is 0 Å². The molecule has 1 aromatic carbocycles. The largest absolute Gasteiger partial charge is 0.469 e. The Morgan fingerprint density at radius 1 is 1.18 bits per heavy atom. The summed E-state index contributed by atoms with van der Waals surface area (Å²) in [6, 6.07) is 10.9. The van der Waals surface area contributed by atoms with Gasteiger partial charge < -0.3 is 10.2 Å². The molecule has 17 heavy (non-hydrogen) atoms. The summed E-state index contributed by atoms with van der Waals surface area (Å²) in [5.41, 5.74) is 8.24. The van der Waals surface area contributed by atoms with Gasteiger partial charge in [0.05, 0.1) is 6.26 Å². The second-order valence-electron chi connectivity index (χ2n) is 4.66. The van der Waals surface area contributed by atoms with Gasteiger partial charge in [0.15, 0.2) is 0 Å². The molecule has 0 aliphatic heterocycles. The van der Waals surface area contributed by atoms with Crippen molar-refractivity contribution in [1.82, 2.24) is 0 Å². The Morgan fingerprint density at radius 2 is 2.00 bits per heavy atom. The number of benzene rings is 1. The molecule has 0 saturated carbocycles. The third kappa shape index (κ3) is 2.98. The molecule has 1 aromatic heterocycles.